The summed E-state index contributed by atoms with van der Waals surface area (Å²) >= 11 is 0. The zero-order valence-corrected chi connectivity index (χ0v) is 10.8. The van der Waals surface area contributed by atoms with Crippen LogP contribution in [0.3, 0.4) is 0 Å². The highest BCUT2D eigenvalue weighted by atomic mass is 16.1. The number of hydrogen-bond donors (Lipinski definition) is 2. The molecule has 5 nitrogen and oxygen atoms in total. The second-order valence-electron chi connectivity index (χ2n) is 4.92. The summed E-state index contributed by atoms with van der Waals surface area (Å²) < 4.78 is 0. The van der Waals surface area contributed by atoms with E-state index in [1.165, 1.54) is 0 Å². The van der Waals surface area contributed by atoms with Gasteiger partial charge in [0.05, 0.1) is 17.6 Å². The van der Waals surface area contributed by atoms with Crippen molar-refractivity contribution in [2.75, 3.05) is 5.32 Å². The van der Waals surface area contributed by atoms with Crippen LogP contribution in [0.4, 0.5) is 5.69 Å². The Labute approximate surface area is 111 Å². The maximum atomic E-state index is 12.2. The van der Waals surface area contributed by atoms with Crippen LogP contribution in [0.15, 0.2) is 24.5 Å². The van der Waals surface area contributed by atoms with Crippen LogP contribution < -0.4 is 5.32 Å². The summed E-state index contributed by atoms with van der Waals surface area (Å²) in [6, 6.07) is 3.66. The van der Waals surface area contributed by atoms with E-state index in [4.69, 9.17) is 0 Å². The summed E-state index contributed by atoms with van der Waals surface area (Å²) in [6.45, 7) is 1.95. The lowest BCUT2D eigenvalue weighted by atomic mass is 9.89. The van der Waals surface area contributed by atoms with Gasteiger partial charge in [0.25, 0.3) is 0 Å². The topological polar surface area (TPSA) is 70.7 Å². The summed E-state index contributed by atoms with van der Waals surface area (Å²) in [4.78, 5) is 23.9. The predicted molar refractivity (Wildman–Crippen MR) is 71.7 cm³/mol. The standard InChI is InChI=1S/C14H16N4O/c1-9-16-12-5-4-10(7-13(12)17-9)14(19)18-11-3-2-6-15-8-11/h2-3,6,8,10H,4-5,7H2,1H3,(H,16,17)(H,18,19)/t10-/m1/s1. The van der Waals surface area contributed by atoms with E-state index in [0.717, 1.165) is 42.2 Å². The number of pyridine rings is 1. The number of nitrogens with zero attached hydrogens (tertiary/aromatic N) is 2. The average Bonchev–Trinajstić information content (AvgIpc) is 2.78. The number of aromatic nitrogens is 3. The molecule has 0 spiro atoms. The van der Waals surface area contributed by atoms with Crippen LogP contribution in [-0.4, -0.2) is 20.9 Å². The predicted octanol–water partition coefficient (Wildman–Crippen LogP) is 1.86. The molecule has 5 heteroatoms. The number of aromatic amines is 1. The Morgan fingerprint density at radius 2 is 2.42 bits per heavy atom. The van der Waals surface area contributed by atoms with Crippen LogP contribution in [0.25, 0.3) is 0 Å². The van der Waals surface area contributed by atoms with Crippen molar-refractivity contribution in [1.29, 1.82) is 0 Å². The fourth-order valence-corrected chi connectivity index (χ4v) is 2.53. The first-order valence-electron chi connectivity index (χ1n) is 6.47. The quantitative estimate of drug-likeness (QED) is 0.861. The molecule has 19 heavy (non-hydrogen) atoms. The van der Waals surface area contributed by atoms with E-state index in [1.54, 1.807) is 12.4 Å². The lowest BCUT2D eigenvalue weighted by Crippen LogP contribution is -2.28. The van der Waals surface area contributed by atoms with E-state index in [9.17, 15) is 4.79 Å². The van der Waals surface area contributed by atoms with Crippen molar-refractivity contribution >= 4 is 11.6 Å². The van der Waals surface area contributed by atoms with E-state index in [2.05, 4.69) is 20.3 Å². The third kappa shape index (κ3) is 2.50. The molecule has 2 aromatic rings. The van der Waals surface area contributed by atoms with Crippen molar-refractivity contribution in [2.45, 2.75) is 26.2 Å². The molecule has 2 heterocycles. The zero-order chi connectivity index (χ0) is 13.2. The summed E-state index contributed by atoms with van der Waals surface area (Å²) in [5, 5.41) is 2.91. The summed E-state index contributed by atoms with van der Waals surface area (Å²) in [6.07, 6.45) is 5.80. The minimum Gasteiger partial charge on any atom is -0.346 e. The first kappa shape index (κ1) is 11.9. The van der Waals surface area contributed by atoms with Gasteiger partial charge in [0.1, 0.15) is 5.82 Å². The number of imidazole rings is 1. The molecule has 1 amide bonds. The number of H-pyrrole nitrogens is 1. The van der Waals surface area contributed by atoms with Crippen LogP contribution in [0.5, 0.6) is 0 Å². The number of aryl methyl sites for hydroxylation is 2. The minimum atomic E-state index is 0.00700. The third-order valence-corrected chi connectivity index (χ3v) is 3.46. The van der Waals surface area contributed by atoms with Crippen molar-refractivity contribution in [3.63, 3.8) is 0 Å². The third-order valence-electron chi connectivity index (χ3n) is 3.46. The van der Waals surface area contributed by atoms with Gasteiger partial charge in [0.2, 0.25) is 5.91 Å². The molecular weight excluding hydrogens is 240 g/mol. The maximum absolute atomic E-state index is 12.2. The fraction of sp³-hybridized carbons (Fsp3) is 0.357. The Bertz CT molecular complexity index is 591. The summed E-state index contributed by atoms with van der Waals surface area (Å²) in [5.41, 5.74) is 2.97. The largest absolute Gasteiger partial charge is 0.346 e. The van der Waals surface area contributed by atoms with Gasteiger partial charge in [0, 0.05) is 24.2 Å². The molecule has 2 N–H and O–H groups in total. The molecule has 0 fully saturated rings. The van der Waals surface area contributed by atoms with Crippen molar-refractivity contribution in [3.8, 4) is 0 Å². The normalized spacial score (nSPS) is 17.8. The van der Waals surface area contributed by atoms with Gasteiger partial charge in [0.15, 0.2) is 0 Å². The maximum Gasteiger partial charge on any atom is 0.227 e. The summed E-state index contributed by atoms with van der Waals surface area (Å²) in [5.74, 6) is 0.997. The monoisotopic (exact) mass is 256 g/mol. The van der Waals surface area contributed by atoms with Gasteiger partial charge in [-0.3, -0.25) is 9.78 Å². The minimum absolute atomic E-state index is 0.00700. The van der Waals surface area contributed by atoms with Gasteiger partial charge < -0.3 is 10.3 Å². The van der Waals surface area contributed by atoms with Crippen LogP contribution in [0, 0.1) is 12.8 Å². The van der Waals surface area contributed by atoms with Gasteiger partial charge in [-0.1, -0.05) is 0 Å². The molecule has 1 atom stereocenters. The van der Waals surface area contributed by atoms with Crippen LogP contribution in [0.2, 0.25) is 0 Å². The molecule has 0 saturated heterocycles. The molecule has 0 bridgehead atoms. The van der Waals surface area contributed by atoms with Gasteiger partial charge >= 0.3 is 0 Å². The Hall–Kier alpha value is -2.17. The Morgan fingerprint density at radius 3 is 3.21 bits per heavy atom. The number of rotatable bonds is 2. The molecule has 0 radical (unpaired) electrons. The molecule has 1 aliphatic carbocycles. The highest BCUT2D eigenvalue weighted by molar-refractivity contribution is 5.92. The van der Waals surface area contributed by atoms with Gasteiger partial charge in [-0.2, -0.15) is 0 Å². The van der Waals surface area contributed by atoms with Crippen molar-refractivity contribution in [1.82, 2.24) is 15.0 Å². The number of fused-ring (bicyclic) bond motifs is 1. The second-order valence-corrected chi connectivity index (χ2v) is 4.92. The molecule has 0 saturated carbocycles. The molecule has 2 aromatic heterocycles. The Morgan fingerprint density at radius 1 is 1.53 bits per heavy atom. The number of carbonyl (C=O) groups excluding carboxylic acids is 1. The van der Waals surface area contributed by atoms with Crippen LogP contribution in [0.1, 0.15) is 23.6 Å². The number of hydrogen-bond acceptors (Lipinski definition) is 3. The first-order chi connectivity index (χ1) is 9.22. The van der Waals surface area contributed by atoms with Gasteiger partial charge in [-0.25, -0.2) is 4.98 Å². The van der Waals surface area contributed by atoms with E-state index < -0.39 is 0 Å². The molecule has 0 aromatic carbocycles. The molecule has 0 unspecified atom stereocenters. The van der Waals surface area contributed by atoms with Crippen molar-refractivity contribution in [3.05, 3.63) is 41.7 Å². The number of nitrogens with one attached hydrogen (secondary N) is 2. The lowest BCUT2D eigenvalue weighted by Gasteiger charge is -2.20. The Balaban J connectivity index is 1.69. The van der Waals surface area contributed by atoms with Gasteiger partial charge in [-0.15, -0.1) is 0 Å². The summed E-state index contributed by atoms with van der Waals surface area (Å²) in [7, 11) is 0. The van der Waals surface area contributed by atoms with Gasteiger partial charge in [-0.05, 0) is 31.9 Å². The Kier molecular flexibility index (Phi) is 3.03. The smallest absolute Gasteiger partial charge is 0.227 e. The number of amides is 1. The van der Waals surface area contributed by atoms with E-state index in [-0.39, 0.29) is 11.8 Å². The molecule has 98 valence electrons. The highest BCUT2D eigenvalue weighted by Gasteiger charge is 2.26. The van der Waals surface area contributed by atoms with Crippen molar-refractivity contribution in [2.24, 2.45) is 5.92 Å². The average molecular weight is 256 g/mol. The van der Waals surface area contributed by atoms with Crippen molar-refractivity contribution < 1.29 is 4.79 Å². The lowest BCUT2D eigenvalue weighted by molar-refractivity contribution is -0.120. The second kappa shape index (κ2) is 4.84. The van der Waals surface area contributed by atoms with Crippen LogP contribution >= 0.6 is 0 Å². The number of anilines is 1. The fourth-order valence-electron chi connectivity index (χ4n) is 2.53. The van der Waals surface area contributed by atoms with E-state index in [1.807, 2.05) is 19.1 Å². The molecule has 3 rings (SSSR count). The zero-order valence-electron chi connectivity index (χ0n) is 10.8. The van der Waals surface area contributed by atoms with Crippen LogP contribution in [-0.2, 0) is 17.6 Å². The molecule has 1 aliphatic rings. The number of carbonyl (C=O) groups is 1. The van der Waals surface area contributed by atoms with E-state index >= 15 is 0 Å². The van der Waals surface area contributed by atoms with E-state index in [0.29, 0.717) is 0 Å². The molecular formula is C14H16N4O. The molecule has 0 aliphatic heterocycles. The first-order valence-corrected chi connectivity index (χ1v) is 6.47. The highest BCUT2D eigenvalue weighted by Crippen LogP contribution is 2.24. The SMILES string of the molecule is Cc1nc2c([nH]1)C[C@H](C(=O)Nc1cccnc1)CC2.